The molecule has 6 nitrogen and oxygen atoms in total. The summed E-state index contributed by atoms with van der Waals surface area (Å²) in [6, 6.07) is 3.58. The van der Waals surface area contributed by atoms with Crippen LogP contribution in [0.2, 0.25) is 0 Å². The summed E-state index contributed by atoms with van der Waals surface area (Å²) in [5.74, 6) is -1.54. The first-order chi connectivity index (χ1) is 7.51. The molecule has 0 aliphatic rings. The highest BCUT2D eigenvalue weighted by molar-refractivity contribution is 6.18. The van der Waals surface area contributed by atoms with Gasteiger partial charge in [-0.25, -0.2) is 4.79 Å². The molecule has 0 unspecified atom stereocenters. The van der Waals surface area contributed by atoms with Crippen molar-refractivity contribution < 1.29 is 14.8 Å². The maximum absolute atomic E-state index is 10.8. The van der Waals surface area contributed by atoms with Gasteiger partial charge in [0, 0.05) is 18.0 Å². The van der Waals surface area contributed by atoms with Gasteiger partial charge in [-0.1, -0.05) is 0 Å². The summed E-state index contributed by atoms with van der Waals surface area (Å²) >= 11 is 5.51. The fraction of sp³-hybridized carbons (Fsp3) is 0.111. The third kappa shape index (κ3) is 2.10. The highest BCUT2D eigenvalue weighted by Crippen LogP contribution is 2.23. The van der Waals surface area contributed by atoms with Gasteiger partial charge in [0.25, 0.3) is 5.69 Å². The number of alkyl halides is 1. The van der Waals surface area contributed by atoms with Gasteiger partial charge in [0.15, 0.2) is 0 Å². The predicted molar refractivity (Wildman–Crippen MR) is 54.3 cm³/mol. The average Bonchev–Trinajstić information content (AvgIpc) is 2.26. The Kier molecular flexibility index (Phi) is 3.43. The minimum absolute atomic E-state index is 0.0854. The SMILES string of the molecule is N#Cc1cc([N+](=O)[O-])cc(C(=O)O)c1CCl. The maximum atomic E-state index is 10.8. The number of carboxylic acids is 1. The molecule has 0 amide bonds. The third-order valence-corrected chi connectivity index (χ3v) is 2.20. The van der Waals surface area contributed by atoms with E-state index >= 15 is 0 Å². The van der Waals surface area contributed by atoms with Gasteiger partial charge in [0.1, 0.15) is 0 Å². The number of carbonyl (C=O) groups is 1. The molecule has 0 aromatic heterocycles. The Balaban J connectivity index is 3.57. The second kappa shape index (κ2) is 4.59. The lowest BCUT2D eigenvalue weighted by atomic mass is 10.0. The summed E-state index contributed by atoms with van der Waals surface area (Å²) in [5, 5.41) is 28.1. The van der Waals surface area contributed by atoms with E-state index in [-0.39, 0.29) is 22.6 Å². The smallest absolute Gasteiger partial charge is 0.336 e. The molecule has 0 fully saturated rings. The van der Waals surface area contributed by atoms with Crippen LogP contribution in [0.1, 0.15) is 21.5 Å². The fourth-order valence-electron chi connectivity index (χ4n) is 1.20. The van der Waals surface area contributed by atoms with Crippen molar-refractivity contribution in [3.63, 3.8) is 0 Å². The highest BCUT2D eigenvalue weighted by Gasteiger charge is 2.19. The minimum Gasteiger partial charge on any atom is -0.478 e. The van der Waals surface area contributed by atoms with E-state index in [1.165, 1.54) is 0 Å². The third-order valence-electron chi connectivity index (χ3n) is 1.93. The molecule has 0 atom stereocenters. The van der Waals surface area contributed by atoms with Gasteiger partial charge in [-0.15, -0.1) is 11.6 Å². The van der Waals surface area contributed by atoms with Gasteiger partial charge in [-0.2, -0.15) is 5.26 Å². The first-order valence-corrected chi connectivity index (χ1v) is 4.55. The Bertz CT molecular complexity index is 507. The Morgan fingerprint density at radius 3 is 2.62 bits per heavy atom. The van der Waals surface area contributed by atoms with E-state index < -0.39 is 16.6 Å². The standard InChI is InChI=1S/C9H5ClN2O4/c10-3-8-5(4-11)1-6(12(15)16)2-7(8)9(13)14/h1-2H,3H2,(H,13,14). The minimum atomic E-state index is -1.35. The summed E-state index contributed by atoms with van der Waals surface area (Å²) in [6.07, 6.45) is 0. The normalized spacial score (nSPS) is 9.50. The van der Waals surface area contributed by atoms with Crippen LogP contribution in [0.15, 0.2) is 12.1 Å². The lowest BCUT2D eigenvalue weighted by molar-refractivity contribution is -0.384. The molecule has 1 N–H and O–H groups in total. The number of non-ortho nitro benzene ring substituents is 1. The average molecular weight is 241 g/mol. The molecule has 16 heavy (non-hydrogen) atoms. The van der Waals surface area contributed by atoms with E-state index in [4.69, 9.17) is 22.0 Å². The zero-order chi connectivity index (χ0) is 12.3. The van der Waals surface area contributed by atoms with Crippen LogP contribution >= 0.6 is 11.6 Å². The quantitative estimate of drug-likeness (QED) is 0.494. The summed E-state index contributed by atoms with van der Waals surface area (Å²) in [7, 11) is 0. The number of rotatable bonds is 3. The van der Waals surface area contributed by atoms with Crippen LogP contribution in [0.25, 0.3) is 0 Å². The van der Waals surface area contributed by atoms with Crippen LogP contribution in [0.4, 0.5) is 5.69 Å². The number of aromatic carboxylic acids is 1. The molecule has 7 heteroatoms. The number of carboxylic acid groups (broad SMARTS) is 1. The van der Waals surface area contributed by atoms with Gasteiger partial charge in [-0.3, -0.25) is 10.1 Å². The van der Waals surface area contributed by atoms with Gasteiger partial charge in [-0.05, 0) is 5.56 Å². The van der Waals surface area contributed by atoms with Crippen LogP contribution in [0, 0.1) is 21.4 Å². The van der Waals surface area contributed by atoms with Crippen molar-refractivity contribution in [2.24, 2.45) is 0 Å². The molecule has 82 valence electrons. The second-order valence-corrected chi connectivity index (χ2v) is 3.09. The highest BCUT2D eigenvalue weighted by atomic mass is 35.5. The second-order valence-electron chi connectivity index (χ2n) is 2.83. The van der Waals surface area contributed by atoms with E-state index in [2.05, 4.69) is 0 Å². The van der Waals surface area contributed by atoms with Crippen molar-refractivity contribution in [2.75, 3.05) is 0 Å². The predicted octanol–water partition coefficient (Wildman–Crippen LogP) is 1.90. The van der Waals surface area contributed by atoms with Crippen molar-refractivity contribution in [1.29, 1.82) is 5.26 Å². The zero-order valence-electron chi connectivity index (χ0n) is 7.81. The molecule has 0 aliphatic carbocycles. The summed E-state index contributed by atoms with van der Waals surface area (Å²) in [5.41, 5.74) is -0.771. The molecule has 1 aromatic carbocycles. The molecular formula is C9H5ClN2O4. The van der Waals surface area contributed by atoms with E-state index in [0.29, 0.717) is 0 Å². The van der Waals surface area contributed by atoms with E-state index in [1.54, 1.807) is 6.07 Å². The zero-order valence-corrected chi connectivity index (χ0v) is 8.56. The van der Waals surface area contributed by atoms with Crippen molar-refractivity contribution in [3.05, 3.63) is 38.9 Å². The number of hydrogen-bond acceptors (Lipinski definition) is 4. The number of nitriles is 1. The summed E-state index contributed by atoms with van der Waals surface area (Å²) < 4.78 is 0. The number of hydrogen-bond donors (Lipinski definition) is 1. The van der Waals surface area contributed by atoms with Crippen molar-refractivity contribution in [3.8, 4) is 6.07 Å². The molecule has 0 saturated carbocycles. The Labute approximate surface area is 94.8 Å². The van der Waals surface area contributed by atoms with Crippen LogP contribution in [-0.4, -0.2) is 16.0 Å². The van der Waals surface area contributed by atoms with Crippen LogP contribution in [0.3, 0.4) is 0 Å². The topological polar surface area (TPSA) is 104 Å². The van der Waals surface area contributed by atoms with Gasteiger partial charge < -0.3 is 5.11 Å². The van der Waals surface area contributed by atoms with Gasteiger partial charge in [0.05, 0.1) is 22.1 Å². The molecule has 0 heterocycles. The number of halogens is 1. The number of benzene rings is 1. The van der Waals surface area contributed by atoms with Crippen molar-refractivity contribution in [2.45, 2.75) is 5.88 Å². The van der Waals surface area contributed by atoms with Gasteiger partial charge >= 0.3 is 5.97 Å². The van der Waals surface area contributed by atoms with Crippen molar-refractivity contribution in [1.82, 2.24) is 0 Å². The first kappa shape index (κ1) is 11.9. The Morgan fingerprint density at radius 2 is 2.25 bits per heavy atom. The molecule has 0 aliphatic heterocycles. The van der Waals surface area contributed by atoms with E-state index in [9.17, 15) is 14.9 Å². The largest absolute Gasteiger partial charge is 0.478 e. The molecular weight excluding hydrogens is 236 g/mol. The number of nitro groups is 1. The maximum Gasteiger partial charge on any atom is 0.336 e. The summed E-state index contributed by atoms with van der Waals surface area (Å²) in [6.45, 7) is 0. The van der Waals surface area contributed by atoms with Crippen LogP contribution in [-0.2, 0) is 5.88 Å². The molecule has 0 bridgehead atoms. The lowest BCUT2D eigenvalue weighted by Crippen LogP contribution is -2.05. The Hall–Kier alpha value is -2.13. The van der Waals surface area contributed by atoms with Crippen LogP contribution in [0.5, 0.6) is 0 Å². The molecule has 0 saturated heterocycles. The summed E-state index contributed by atoms with van der Waals surface area (Å²) in [4.78, 5) is 20.6. The molecule has 0 spiro atoms. The number of nitrogens with zero attached hydrogens (tertiary/aromatic N) is 2. The molecule has 0 radical (unpaired) electrons. The lowest BCUT2D eigenvalue weighted by Gasteiger charge is -2.04. The number of nitro benzene ring substituents is 1. The van der Waals surface area contributed by atoms with Crippen molar-refractivity contribution >= 4 is 23.3 Å². The first-order valence-electron chi connectivity index (χ1n) is 4.02. The van der Waals surface area contributed by atoms with E-state index in [1.807, 2.05) is 0 Å². The molecule has 1 rings (SSSR count). The fourth-order valence-corrected chi connectivity index (χ4v) is 1.48. The monoisotopic (exact) mass is 240 g/mol. The van der Waals surface area contributed by atoms with Gasteiger partial charge in [0.2, 0.25) is 0 Å². The van der Waals surface area contributed by atoms with E-state index in [0.717, 1.165) is 12.1 Å². The molecule has 1 aromatic rings. The van der Waals surface area contributed by atoms with Crippen LogP contribution < -0.4 is 0 Å². The Morgan fingerprint density at radius 1 is 1.62 bits per heavy atom.